The van der Waals surface area contributed by atoms with Crippen LogP contribution in [0.2, 0.25) is 0 Å². The number of aromatic nitrogens is 2. The predicted molar refractivity (Wildman–Crippen MR) is 122 cm³/mol. The summed E-state index contributed by atoms with van der Waals surface area (Å²) in [5.41, 5.74) is 3.28. The van der Waals surface area contributed by atoms with E-state index in [0.29, 0.717) is 17.4 Å². The van der Waals surface area contributed by atoms with E-state index in [1.54, 1.807) is 24.1 Å². The molecule has 7 nitrogen and oxygen atoms in total. The first kappa shape index (κ1) is 20.9. The number of hydrogen-bond acceptors (Lipinski definition) is 5. The fraction of sp³-hybridized carbons (Fsp3) is 0.217. The van der Waals surface area contributed by atoms with Gasteiger partial charge >= 0.3 is 0 Å². The standard InChI is InChI=1S/C23H22N4O3S/c1-15-7-9-17(10-8-15)25-21(29)18-13-24-23(26(2)22(18)30)31-14-20(28)27-12-11-16-5-3-4-6-19(16)27/h3-10,13H,11-12,14H2,1-2H3,(H,25,29). The lowest BCUT2D eigenvalue weighted by atomic mass is 10.2. The Kier molecular flexibility index (Phi) is 5.90. The molecular weight excluding hydrogens is 412 g/mol. The highest BCUT2D eigenvalue weighted by atomic mass is 32.2. The van der Waals surface area contributed by atoms with E-state index < -0.39 is 11.5 Å². The molecule has 0 radical (unpaired) electrons. The predicted octanol–water partition coefficient (Wildman–Crippen LogP) is 3.02. The Labute approximate surface area is 184 Å². The van der Waals surface area contributed by atoms with Gasteiger partial charge in [-0.25, -0.2) is 4.98 Å². The Morgan fingerprint density at radius 1 is 1.13 bits per heavy atom. The maximum atomic E-state index is 12.7. The molecule has 0 saturated heterocycles. The molecule has 1 aromatic heterocycles. The molecule has 2 amide bonds. The van der Waals surface area contributed by atoms with Gasteiger partial charge in [-0.15, -0.1) is 0 Å². The summed E-state index contributed by atoms with van der Waals surface area (Å²) in [4.78, 5) is 43.9. The fourth-order valence-electron chi connectivity index (χ4n) is 3.46. The van der Waals surface area contributed by atoms with Gasteiger partial charge in [-0.2, -0.15) is 0 Å². The van der Waals surface area contributed by atoms with Crippen LogP contribution in [0, 0.1) is 6.92 Å². The third-order valence-corrected chi connectivity index (χ3v) is 6.22. The third-order valence-electron chi connectivity index (χ3n) is 5.19. The van der Waals surface area contributed by atoms with Crippen LogP contribution < -0.4 is 15.8 Å². The van der Waals surface area contributed by atoms with Gasteiger partial charge in [-0.3, -0.25) is 19.0 Å². The Hall–Kier alpha value is -3.39. The van der Waals surface area contributed by atoms with Crippen molar-refractivity contribution in [3.05, 3.63) is 81.8 Å². The van der Waals surface area contributed by atoms with Gasteiger partial charge in [0.05, 0.1) is 5.75 Å². The van der Waals surface area contributed by atoms with Gasteiger partial charge in [0.25, 0.3) is 11.5 Å². The average molecular weight is 435 g/mol. The first-order valence-corrected chi connectivity index (χ1v) is 10.9. The highest BCUT2D eigenvalue weighted by Gasteiger charge is 2.24. The third kappa shape index (κ3) is 4.39. The van der Waals surface area contributed by atoms with Gasteiger partial charge in [0.2, 0.25) is 5.91 Å². The zero-order valence-electron chi connectivity index (χ0n) is 17.3. The molecule has 2 heterocycles. The number of anilines is 2. The van der Waals surface area contributed by atoms with E-state index in [4.69, 9.17) is 0 Å². The quantitative estimate of drug-likeness (QED) is 0.493. The molecule has 0 unspecified atom stereocenters. The Morgan fingerprint density at radius 2 is 1.87 bits per heavy atom. The second kappa shape index (κ2) is 8.77. The van der Waals surface area contributed by atoms with Gasteiger partial charge in [-0.1, -0.05) is 47.7 Å². The lowest BCUT2D eigenvalue weighted by molar-refractivity contribution is -0.116. The molecule has 2 aromatic carbocycles. The van der Waals surface area contributed by atoms with E-state index in [0.717, 1.165) is 23.2 Å². The molecule has 0 spiro atoms. The van der Waals surface area contributed by atoms with E-state index in [1.165, 1.54) is 22.5 Å². The van der Waals surface area contributed by atoms with E-state index in [2.05, 4.69) is 10.3 Å². The number of thioether (sulfide) groups is 1. The molecule has 1 aliphatic heterocycles. The summed E-state index contributed by atoms with van der Waals surface area (Å²) in [7, 11) is 1.55. The van der Waals surface area contributed by atoms with E-state index in [9.17, 15) is 14.4 Å². The van der Waals surface area contributed by atoms with Gasteiger partial charge < -0.3 is 10.2 Å². The zero-order chi connectivity index (χ0) is 22.0. The van der Waals surface area contributed by atoms with Crippen LogP contribution in [0.1, 0.15) is 21.5 Å². The largest absolute Gasteiger partial charge is 0.322 e. The molecule has 0 aliphatic carbocycles. The number of aryl methyl sites for hydroxylation is 1. The SMILES string of the molecule is Cc1ccc(NC(=O)c2cnc(SCC(=O)N3CCc4ccccc43)n(C)c2=O)cc1. The Morgan fingerprint density at radius 3 is 2.65 bits per heavy atom. The molecule has 158 valence electrons. The summed E-state index contributed by atoms with van der Waals surface area (Å²) >= 11 is 1.19. The molecule has 0 saturated carbocycles. The second-order valence-corrected chi connectivity index (χ2v) is 8.29. The van der Waals surface area contributed by atoms with Crippen LogP contribution >= 0.6 is 11.8 Å². The van der Waals surface area contributed by atoms with Crippen molar-refractivity contribution in [3.63, 3.8) is 0 Å². The van der Waals surface area contributed by atoms with E-state index in [1.807, 2.05) is 43.3 Å². The number of benzene rings is 2. The van der Waals surface area contributed by atoms with Crippen molar-refractivity contribution >= 4 is 35.0 Å². The number of rotatable bonds is 5. The summed E-state index contributed by atoms with van der Waals surface area (Å²) in [5.74, 6) is -0.396. The lowest BCUT2D eigenvalue weighted by Crippen LogP contribution is -2.32. The number of carbonyl (C=O) groups excluding carboxylic acids is 2. The van der Waals surface area contributed by atoms with Crippen LogP contribution in [-0.2, 0) is 18.3 Å². The van der Waals surface area contributed by atoms with Gasteiger partial charge in [0, 0.05) is 31.2 Å². The highest BCUT2D eigenvalue weighted by Crippen LogP contribution is 2.28. The van der Waals surface area contributed by atoms with Crippen molar-refractivity contribution in [2.45, 2.75) is 18.5 Å². The van der Waals surface area contributed by atoms with Crippen LogP contribution in [0.25, 0.3) is 0 Å². The molecule has 0 bridgehead atoms. The zero-order valence-corrected chi connectivity index (χ0v) is 18.1. The number of carbonyl (C=O) groups is 2. The summed E-state index contributed by atoms with van der Waals surface area (Å²) in [6.45, 7) is 2.61. The van der Waals surface area contributed by atoms with Gasteiger partial charge in [0.15, 0.2) is 5.16 Å². The van der Waals surface area contributed by atoms with Crippen LogP contribution in [0.5, 0.6) is 0 Å². The van der Waals surface area contributed by atoms with Crippen molar-refractivity contribution in [1.29, 1.82) is 0 Å². The molecule has 4 rings (SSSR count). The Bertz CT molecular complexity index is 1200. The summed E-state index contributed by atoms with van der Waals surface area (Å²) in [5, 5.41) is 3.10. The molecular formula is C23H22N4O3S. The van der Waals surface area contributed by atoms with Crippen LogP contribution in [0.3, 0.4) is 0 Å². The molecule has 8 heteroatoms. The fourth-order valence-corrected chi connectivity index (χ4v) is 4.27. The van der Waals surface area contributed by atoms with Crippen molar-refractivity contribution in [2.24, 2.45) is 7.05 Å². The highest BCUT2D eigenvalue weighted by molar-refractivity contribution is 7.99. The molecule has 3 aromatic rings. The van der Waals surface area contributed by atoms with Crippen molar-refractivity contribution in [1.82, 2.24) is 9.55 Å². The van der Waals surface area contributed by atoms with Crippen molar-refractivity contribution in [3.8, 4) is 0 Å². The van der Waals surface area contributed by atoms with Gasteiger partial charge in [0.1, 0.15) is 5.56 Å². The number of amides is 2. The summed E-state index contributed by atoms with van der Waals surface area (Å²) < 4.78 is 1.31. The van der Waals surface area contributed by atoms with Gasteiger partial charge in [-0.05, 0) is 37.1 Å². The first-order chi connectivity index (χ1) is 14.9. The second-order valence-electron chi connectivity index (χ2n) is 7.35. The van der Waals surface area contributed by atoms with Crippen LogP contribution in [0.15, 0.2) is 64.7 Å². The molecule has 31 heavy (non-hydrogen) atoms. The monoisotopic (exact) mass is 434 g/mol. The minimum Gasteiger partial charge on any atom is -0.322 e. The van der Waals surface area contributed by atoms with E-state index >= 15 is 0 Å². The van der Waals surface area contributed by atoms with E-state index in [-0.39, 0.29) is 17.2 Å². The summed E-state index contributed by atoms with van der Waals surface area (Å²) in [6, 6.07) is 15.2. The molecule has 0 fully saturated rings. The number of hydrogen-bond donors (Lipinski definition) is 1. The van der Waals surface area contributed by atoms with Crippen LogP contribution in [0.4, 0.5) is 11.4 Å². The lowest BCUT2D eigenvalue weighted by Gasteiger charge is -2.17. The topological polar surface area (TPSA) is 84.3 Å². The number of nitrogens with zero attached hydrogens (tertiary/aromatic N) is 3. The molecule has 1 aliphatic rings. The van der Waals surface area contributed by atoms with Crippen molar-refractivity contribution in [2.75, 3.05) is 22.5 Å². The minimum atomic E-state index is -0.516. The maximum Gasteiger partial charge on any atom is 0.266 e. The number of fused-ring (bicyclic) bond motifs is 1. The summed E-state index contributed by atoms with van der Waals surface area (Å²) in [6.07, 6.45) is 2.11. The minimum absolute atomic E-state index is 0.0367. The molecule has 1 N–H and O–H groups in total. The Balaban J connectivity index is 1.44. The number of para-hydroxylation sites is 1. The molecule has 0 atom stereocenters. The first-order valence-electron chi connectivity index (χ1n) is 9.89. The number of nitrogens with one attached hydrogen (secondary N) is 1. The normalized spacial score (nSPS) is 12.5. The smallest absolute Gasteiger partial charge is 0.266 e. The average Bonchev–Trinajstić information content (AvgIpc) is 3.20. The maximum absolute atomic E-state index is 12.7. The van der Waals surface area contributed by atoms with Crippen LogP contribution in [-0.4, -0.2) is 33.7 Å². The van der Waals surface area contributed by atoms with Crippen molar-refractivity contribution < 1.29 is 9.59 Å².